The van der Waals surface area contributed by atoms with Crippen LogP contribution in [0.1, 0.15) is 38.6 Å². The molecule has 0 aliphatic heterocycles. The first-order valence-electron chi connectivity index (χ1n) is 8.80. The molecule has 25 heavy (non-hydrogen) atoms. The predicted molar refractivity (Wildman–Crippen MR) is 101 cm³/mol. The van der Waals surface area contributed by atoms with Crippen LogP contribution in [0.3, 0.4) is 0 Å². The van der Waals surface area contributed by atoms with E-state index in [-0.39, 0.29) is 11.9 Å². The Bertz CT molecular complexity index is 861. The number of rotatable bonds is 6. The summed E-state index contributed by atoms with van der Waals surface area (Å²) in [6.45, 7) is 7.59. The van der Waals surface area contributed by atoms with Crippen LogP contribution in [-0.2, 0) is 11.3 Å². The first kappa shape index (κ1) is 17.3. The molecular formula is C20H26N4O. The number of aromatic nitrogens is 3. The van der Waals surface area contributed by atoms with E-state index in [4.69, 9.17) is 0 Å². The zero-order valence-electron chi connectivity index (χ0n) is 15.4. The van der Waals surface area contributed by atoms with Gasteiger partial charge in [-0.2, -0.15) is 0 Å². The fourth-order valence-electron chi connectivity index (χ4n) is 3.24. The maximum absolute atomic E-state index is 12.8. The summed E-state index contributed by atoms with van der Waals surface area (Å²) in [6, 6.07) is 10.2. The minimum Gasteiger partial charge on any atom is -0.346 e. The highest BCUT2D eigenvalue weighted by atomic mass is 16.2. The molecule has 0 bridgehead atoms. The lowest BCUT2D eigenvalue weighted by Crippen LogP contribution is -2.35. The molecule has 2 aromatic heterocycles. The van der Waals surface area contributed by atoms with Gasteiger partial charge >= 0.3 is 0 Å². The lowest BCUT2D eigenvalue weighted by atomic mass is 10.2. The van der Waals surface area contributed by atoms with Crippen molar-refractivity contribution in [3.05, 3.63) is 54.7 Å². The molecule has 0 unspecified atom stereocenters. The maximum atomic E-state index is 12.8. The van der Waals surface area contributed by atoms with Crippen LogP contribution in [0.2, 0.25) is 0 Å². The van der Waals surface area contributed by atoms with Gasteiger partial charge in [0.05, 0.1) is 0 Å². The number of likely N-dealkylation sites (N-methyl/N-ethyl adjacent to an activating group) is 1. The molecule has 0 saturated carbocycles. The molecule has 1 amide bonds. The van der Waals surface area contributed by atoms with Crippen molar-refractivity contribution in [2.75, 3.05) is 13.6 Å². The van der Waals surface area contributed by atoms with Gasteiger partial charge in [0.1, 0.15) is 11.9 Å². The van der Waals surface area contributed by atoms with Gasteiger partial charge in [-0.05, 0) is 24.4 Å². The lowest BCUT2D eigenvalue weighted by Gasteiger charge is -2.24. The molecule has 0 fully saturated rings. The van der Waals surface area contributed by atoms with Crippen molar-refractivity contribution >= 4 is 16.8 Å². The van der Waals surface area contributed by atoms with Gasteiger partial charge in [-0.3, -0.25) is 4.79 Å². The zero-order valence-corrected chi connectivity index (χ0v) is 15.4. The molecule has 2 heterocycles. The van der Waals surface area contributed by atoms with Gasteiger partial charge in [0.2, 0.25) is 5.91 Å². The van der Waals surface area contributed by atoms with Gasteiger partial charge in [0, 0.05) is 50.2 Å². The van der Waals surface area contributed by atoms with Crippen LogP contribution in [0, 0.1) is 0 Å². The Morgan fingerprint density at radius 2 is 1.92 bits per heavy atom. The highest BCUT2D eigenvalue weighted by molar-refractivity contribution is 5.81. The number of carbonyl (C=O) groups excluding carboxylic acids is 1. The molecule has 3 rings (SSSR count). The third-order valence-corrected chi connectivity index (χ3v) is 4.72. The molecule has 132 valence electrons. The smallest absolute Gasteiger partial charge is 0.245 e. The second-order valence-electron chi connectivity index (χ2n) is 6.85. The molecule has 0 saturated heterocycles. The summed E-state index contributed by atoms with van der Waals surface area (Å²) >= 11 is 0. The van der Waals surface area contributed by atoms with Crippen molar-refractivity contribution in [3.8, 4) is 0 Å². The number of hydrogen-bond acceptors (Lipinski definition) is 2. The van der Waals surface area contributed by atoms with E-state index in [1.54, 1.807) is 6.20 Å². The van der Waals surface area contributed by atoms with E-state index in [0.717, 1.165) is 12.4 Å². The average Bonchev–Trinajstić information content (AvgIpc) is 3.25. The molecule has 5 heteroatoms. The lowest BCUT2D eigenvalue weighted by molar-refractivity contribution is -0.133. The molecule has 0 N–H and O–H groups in total. The topological polar surface area (TPSA) is 43.1 Å². The minimum atomic E-state index is -0.244. The van der Waals surface area contributed by atoms with Gasteiger partial charge in [-0.15, -0.1) is 0 Å². The van der Waals surface area contributed by atoms with Crippen LogP contribution in [0.15, 0.2) is 48.9 Å². The van der Waals surface area contributed by atoms with Crippen LogP contribution >= 0.6 is 0 Å². The summed E-state index contributed by atoms with van der Waals surface area (Å²) in [6.07, 6.45) is 5.75. The third kappa shape index (κ3) is 3.45. The van der Waals surface area contributed by atoms with E-state index in [0.29, 0.717) is 12.5 Å². The highest BCUT2D eigenvalue weighted by Crippen LogP contribution is 2.19. The molecule has 1 aromatic carbocycles. The standard InChI is InChI=1S/C20H26N4O/c1-15(2)19-21-10-12-24(19)16(3)20(25)22(4)13-14-23-11-9-17-7-5-6-8-18(17)23/h5-12,15-16H,13-14H2,1-4H3/t16-/m1/s1. The molecule has 0 spiro atoms. The van der Waals surface area contributed by atoms with Crippen LogP contribution in [-0.4, -0.2) is 38.5 Å². The molecule has 0 aliphatic rings. The first-order valence-corrected chi connectivity index (χ1v) is 8.80. The van der Waals surface area contributed by atoms with Crippen molar-refractivity contribution in [2.24, 2.45) is 0 Å². The summed E-state index contributed by atoms with van der Waals surface area (Å²) in [5, 5.41) is 1.23. The molecular weight excluding hydrogens is 312 g/mol. The number of benzene rings is 1. The van der Waals surface area contributed by atoms with Crippen molar-refractivity contribution in [2.45, 2.75) is 39.3 Å². The van der Waals surface area contributed by atoms with Crippen LogP contribution < -0.4 is 0 Å². The molecule has 3 aromatic rings. The van der Waals surface area contributed by atoms with Crippen LogP contribution in [0.4, 0.5) is 0 Å². The van der Waals surface area contributed by atoms with Gasteiger partial charge in [-0.1, -0.05) is 32.0 Å². The van der Waals surface area contributed by atoms with Gasteiger partial charge < -0.3 is 14.0 Å². The SMILES string of the molecule is CC(C)c1nccn1[C@H](C)C(=O)N(C)CCn1ccc2ccccc21. The Morgan fingerprint density at radius 3 is 2.68 bits per heavy atom. The Hall–Kier alpha value is -2.56. The summed E-state index contributed by atoms with van der Waals surface area (Å²) in [7, 11) is 1.87. The number of para-hydroxylation sites is 1. The second-order valence-corrected chi connectivity index (χ2v) is 6.85. The van der Waals surface area contributed by atoms with Crippen molar-refractivity contribution in [3.63, 3.8) is 0 Å². The number of imidazole rings is 1. The Balaban J connectivity index is 1.67. The predicted octanol–water partition coefficient (Wildman–Crippen LogP) is 3.68. The van der Waals surface area contributed by atoms with Gasteiger partial charge in [-0.25, -0.2) is 4.98 Å². The highest BCUT2D eigenvalue weighted by Gasteiger charge is 2.22. The third-order valence-electron chi connectivity index (χ3n) is 4.72. The average molecular weight is 338 g/mol. The largest absolute Gasteiger partial charge is 0.346 e. The van der Waals surface area contributed by atoms with E-state index >= 15 is 0 Å². The van der Waals surface area contributed by atoms with Crippen molar-refractivity contribution < 1.29 is 4.79 Å². The molecule has 1 atom stereocenters. The zero-order chi connectivity index (χ0) is 18.0. The van der Waals surface area contributed by atoms with E-state index < -0.39 is 0 Å². The summed E-state index contributed by atoms with van der Waals surface area (Å²) in [5.74, 6) is 1.35. The maximum Gasteiger partial charge on any atom is 0.245 e. The number of fused-ring (bicyclic) bond motifs is 1. The normalized spacial score (nSPS) is 12.7. The Kier molecular flexibility index (Phi) is 4.93. The van der Waals surface area contributed by atoms with Gasteiger partial charge in [0.15, 0.2) is 0 Å². The molecule has 0 radical (unpaired) electrons. The van der Waals surface area contributed by atoms with Crippen molar-refractivity contribution in [1.82, 2.24) is 19.0 Å². The molecule has 5 nitrogen and oxygen atoms in total. The Labute approximate surface area is 148 Å². The van der Waals surface area contributed by atoms with E-state index in [9.17, 15) is 4.79 Å². The van der Waals surface area contributed by atoms with E-state index in [1.165, 1.54) is 10.9 Å². The fraction of sp³-hybridized carbons (Fsp3) is 0.400. The van der Waals surface area contributed by atoms with Gasteiger partial charge in [0.25, 0.3) is 0 Å². The fourth-order valence-corrected chi connectivity index (χ4v) is 3.24. The summed E-state index contributed by atoms with van der Waals surface area (Å²) < 4.78 is 4.18. The van der Waals surface area contributed by atoms with Crippen LogP contribution in [0.25, 0.3) is 10.9 Å². The number of carbonyl (C=O) groups is 1. The van der Waals surface area contributed by atoms with Crippen molar-refractivity contribution in [1.29, 1.82) is 0 Å². The van der Waals surface area contributed by atoms with Crippen LogP contribution in [0.5, 0.6) is 0 Å². The van der Waals surface area contributed by atoms with E-state index in [2.05, 4.69) is 47.8 Å². The minimum absolute atomic E-state index is 0.108. The monoisotopic (exact) mass is 338 g/mol. The first-order chi connectivity index (χ1) is 12.0. The van der Waals surface area contributed by atoms with E-state index in [1.807, 2.05) is 41.8 Å². The quantitative estimate of drug-likeness (QED) is 0.688. The Morgan fingerprint density at radius 1 is 1.16 bits per heavy atom. The number of hydrogen-bond donors (Lipinski definition) is 0. The number of nitrogens with zero attached hydrogens (tertiary/aromatic N) is 4. The summed E-state index contributed by atoms with van der Waals surface area (Å²) in [5.41, 5.74) is 1.20. The summed E-state index contributed by atoms with van der Waals surface area (Å²) in [4.78, 5) is 19.0. The number of amides is 1. The molecule has 0 aliphatic carbocycles. The second kappa shape index (κ2) is 7.13.